The highest BCUT2D eigenvalue weighted by atomic mass is 16.4. The van der Waals surface area contributed by atoms with Crippen LogP contribution in [0.15, 0.2) is 24.4 Å². The van der Waals surface area contributed by atoms with Crippen LogP contribution in [0.1, 0.15) is 50.7 Å². The molecule has 0 saturated carbocycles. The number of aliphatic carboxylic acids is 1. The van der Waals surface area contributed by atoms with E-state index in [1.165, 1.54) is 16.5 Å². The van der Waals surface area contributed by atoms with Crippen molar-refractivity contribution in [3.63, 3.8) is 0 Å². The van der Waals surface area contributed by atoms with Gasteiger partial charge in [0.1, 0.15) is 6.54 Å². The van der Waals surface area contributed by atoms with Crippen LogP contribution in [-0.4, -0.2) is 15.6 Å². The molecule has 102 valence electrons. The van der Waals surface area contributed by atoms with Crippen LogP contribution in [0.5, 0.6) is 0 Å². The Labute approximate surface area is 113 Å². The summed E-state index contributed by atoms with van der Waals surface area (Å²) in [4.78, 5) is 10.9. The van der Waals surface area contributed by atoms with E-state index in [2.05, 4.69) is 39.8 Å². The van der Waals surface area contributed by atoms with Gasteiger partial charge in [-0.25, -0.2) is 0 Å². The highest BCUT2D eigenvalue weighted by Crippen LogP contribution is 2.30. The maximum absolute atomic E-state index is 10.9. The van der Waals surface area contributed by atoms with Crippen LogP contribution in [0.2, 0.25) is 0 Å². The predicted molar refractivity (Wildman–Crippen MR) is 77.8 cm³/mol. The fourth-order valence-corrected chi connectivity index (χ4v) is 2.44. The lowest BCUT2D eigenvalue weighted by atomic mass is 9.97. The fraction of sp³-hybridized carbons (Fsp3) is 0.438. The van der Waals surface area contributed by atoms with E-state index in [9.17, 15) is 4.79 Å². The number of nitrogens with zero attached hydrogens (tertiary/aromatic N) is 1. The smallest absolute Gasteiger partial charge is 0.323 e. The predicted octanol–water partition coefficient (Wildman–Crippen LogP) is 3.97. The zero-order valence-corrected chi connectivity index (χ0v) is 12.0. The molecular formula is C16H21NO2. The quantitative estimate of drug-likeness (QED) is 0.902. The van der Waals surface area contributed by atoms with Crippen LogP contribution in [0.3, 0.4) is 0 Å². The van der Waals surface area contributed by atoms with Gasteiger partial charge in [0.15, 0.2) is 0 Å². The zero-order chi connectivity index (χ0) is 14.2. The second kappa shape index (κ2) is 5.08. The molecule has 19 heavy (non-hydrogen) atoms. The number of carboxylic acid groups (broad SMARTS) is 1. The van der Waals surface area contributed by atoms with Crippen molar-refractivity contribution in [2.75, 3.05) is 0 Å². The first-order valence-electron chi connectivity index (χ1n) is 6.74. The number of hydrogen-bond donors (Lipinski definition) is 1. The number of benzene rings is 1. The van der Waals surface area contributed by atoms with Gasteiger partial charge in [-0.05, 0) is 35.1 Å². The van der Waals surface area contributed by atoms with E-state index in [0.717, 1.165) is 5.52 Å². The lowest BCUT2D eigenvalue weighted by Crippen LogP contribution is -2.07. The van der Waals surface area contributed by atoms with Crippen LogP contribution in [-0.2, 0) is 11.3 Å². The van der Waals surface area contributed by atoms with Gasteiger partial charge in [0.25, 0.3) is 0 Å². The largest absolute Gasteiger partial charge is 0.480 e. The standard InChI is InChI=1S/C16H21NO2/c1-10(2)12-5-6-15-13(7-12)14(11(3)4)8-17(15)9-16(18)19/h5-8,10-11H,9H2,1-4H3,(H,18,19). The molecule has 1 aromatic carbocycles. The first kappa shape index (κ1) is 13.7. The van der Waals surface area contributed by atoms with Gasteiger partial charge in [-0.2, -0.15) is 0 Å². The van der Waals surface area contributed by atoms with E-state index in [1.54, 1.807) is 0 Å². The molecule has 0 atom stereocenters. The minimum atomic E-state index is -0.805. The van der Waals surface area contributed by atoms with Crippen LogP contribution < -0.4 is 0 Å². The summed E-state index contributed by atoms with van der Waals surface area (Å²) >= 11 is 0. The summed E-state index contributed by atoms with van der Waals surface area (Å²) in [7, 11) is 0. The van der Waals surface area contributed by atoms with Crippen molar-refractivity contribution >= 4 is 16.9 Å². The monoisotopic (exact) mass is 259 g/mol. The lowest BCUT2D eigenvalue weighted by molar-refractivity contribution is -0.137. The van der Waals surface area contributed by atoms with E-state index < -0.39 is 5.97 Å². The Morgan fingerprint density at radius 2 is 1.89 bits per heavy atom. The average Bonchev–Trinajstić information content (AvgIpc) is 2.66. The highest BCUT2D eigenvalue weighted by Gasteiger charge is 2.14. The third-order valence-corrected chi connectivity index (χ3v) is 3.53. The van der Waals surface area contributed by atoms with Crippen molar-refractivity contribution in [2.24, 2.45) is 0 Å². The van der Waals surface area contributed by atoms with Gasteiger partial charge in [0.05, 0.1) is 0 Å². The SMILES string of the molecule is CC(C)c1ccc2c(c1)c(C(C)C)cn2CC(=O)O. The van der Waals surface area contributed by atoms with Crippen molar-refractivity contribution in [3.05, 3.63) is 35.5 Å². The Balaban J connectivity index is 2.64. The highest BCUT2D eigenvalue weighted by molar-refractivity contribution is 5.86. The molecule has 0 aliphatic heterocycles. The lowest BCUT2D eigenvalue weighted by Gasteiger charge is -2.08. The second-order valence-electron chi connectivity index (χ2n) is 5.69. The topological polar surface area (TPSA) is 42.2 Å². The molecule has 0 radical (unpaired) electrons. The van der Waals surface area contributed by atoms with Crippen molar-refractivity contribution in [1.82, 2.24) is 4.57 Å². The van der Waals surface area contributed by atoms with Crippen molar-refractivity contribution in [3.8, 4) is 0 Å². The van der Waals surface area contributed by atoms with Gasteiger partial charge < -0.3 is 9.67 Å². The number of carbonyl (C=O) groups is 1. The van der Waals surface area contributed by atoms with E-state index in [1.807, 2.05) is 16.8 Å². The Bertz CT molecular complexity index is 608. The number of fused-ring (bicyclic) bond motifs is 1. The number of hydrogen-bond acceptors (Lipinski definition) is 1. The molecule has 3 nitrogen and oxygen atoms in total. The molecule has 0 bridgehead atoms. The summed E-state index contributed by atoms with van der Waals surface area (Å²) in [5.41, 5.74) is 3.52. The van der Waals surface area contributed by atoms with E-state index >= 15 is 0 Å². The molecule has 0 unspecified atom stereocenters. The average molecular weight is 259 g/mol. The maximum atomic E-state index is 10.9. The molecular weight excluding hydrogens is 238 g/mol. The van der Waals surface area contributed by atoms with E-state index in [0.29, 0.717) is 11.8 Å². The van der Waals surface area contributed by atoms with Gasteiger partial charge in [0.2, 0.25) is 0 Å². The van der Waals surface area contributed by atoms with E-state index in [-0.39, 0.29) is 6.54 Å². The van der Waals surface area contributed by atoms with Gasteiger partial charge in [-0.1, -0.05) is 33.8 Å². The molecule has 3 heteroatoms. The Hall–Kier alpha value is -1.77. The molecule has 0 fully saturated rings. The summed E-state index contributed by atoms with van der Waals surface area (Å²) in [5, 5.41) is 10.2. The second-order valence-corrected chi connectivity index (χ2v) is 5.69. The number of rotatable bonds is 4. The van der Waals surface area contributed by atoms with Crippen molar-refractivity contribution in [1.29, 1.82) is 0 Å². The molecule has 1 aromatic heterocycles. The molecule has 2 rings (SSSR count). The Morgan fingerprint density at radius 3 is 2.42 bits per heavy atom. The molecule has 1 heterocycles. The van der Waals surface area contributed by atoms with Gasteiger partial charge in [-0.3, -0.25) is 4.79 Å². The molecule has 1 N–H and O–H groups in total. The Kier molecular flexibility index (Phi) is 3.65. The van der Waals surface area contributed by atoms with Crippen LogP contribution >= 0.6 is 0 Å². The molecule has 0 saturated heterocycles. The third-order valence-electron chi connectivity index (χ3n) is 3.53. The third kappa shape index (κ3) is 2.65. The van der Waals surface area contributed by atoms with Crippen LogP contribution in [0, 0.1) is 0 Å². The normalized spacial score (nSPS) is 11.7. The molecule has 2 aromatic rings. The molecule has 0 aliphatic rings. The number of aromatic nitrogens is 1. The van der Waals surface area contributed by atoms with Crippen molar-refractivity contribution in [2.45, 2.75) is 46.1 Å². The zero-order valence-electron chi connectivity index (χ0n) is 12.0. The minimum Gasteiger partial charge on any atom is -0.480 e. The van der Waals surface area contributed by atoms with Gasteiger partial charge in [-0.15, -0.1) is 0 Å². The summed E-state index contributed by atoms with van der Waals surface area (Å²) < 4.78 is 1.83. The molecule has 0 amide bonds. The summed E-state index contributed by atoms with van der Waals surface area (Å²) in [6.07, 6.45) is 1.98. The summed E-state index contributed by atoms with van der Waals surface area (Å²) in [5.74, 6) is 0.0623. The summed E-state index contributed by atoms with van der Waals surface area (Å²) in [6, 6.07) is 6.34. The van der Waals surface area contributed by atoms with Crippen LogP contribution in [0.4, 0.5) is 0 Å². The minimum absolute atomic E-state index is 0.0181. The molecule has 0 spiro atoms. The number of carboxylic acids is 1. The maximum Gasteiger partial charge on any atom is 0.323 e. The van der Waals surface area contributed by atoms with Gasteiger partial charge >= 0.3 is 5.97 Å². The first-order chi connectivity index (χ1) is 8.90. The summed E-state index contributed by atoms with van der Waals surface area (Å²) in [6.45, 7) is 8.64. The Morgan fingerprint density at radius 1 is 1.21 bits per heavy atom. The van der Waals surface area contributed by atoms with Crippen molar-refractivity contribution < 1.29 is 9.90 Å². The molecule has 0 aliphatic carbocycles. The first-order valence-corrected chi connectivity index (χ1v) is 6.74. The van der Waals surface area contributed by atoms with E-state index in [4.69, 9.17) is 5.11 Å². The van der Waals surface area contributed by atoms with Crippen LogP contribution in [0.25, 0.3) is 10.9 Å². The van der Waals surface area contributed by atoms with Gasteiger partial charge in [0, 0.05) is 17.1 Å². The fourth-order valence-electron chi connectivity index (χ4n) is 2.44.